The Morgan fingerprint density at radius 1 is 1.08 bits per heavy atom. The van der Waals surface area contributed by atoms with Gasteiger partial charge in [-0.2, -0.15) is 0 Å². The highest BCUT2D eigenvalue weighted by molar-refractivity contribution is 5.81. The number of para-hydroxylation sites is 2. The predicted molar refractivity (Wildman–Crippen MR) is 100 cm³/mol. The molecule has 4 rings (SSSR count). The van der Waals surface area contributed by atoms with Gasteiger partial charge in [-0.05, 0) is 54.8 Å². The summed E-state index contributed by atoms with van der Waals surface area (Å²) >= 11 is 0. The highest BCUT2D eigenvalue weighted by Gasteiger charge is 2.20. The maximum atomic E-state index is 11.9. The van der Waals surface area contributed by atoms with Gasteiger partial charge in [0.1, 0.15) is 18.3 Å². The minimum absolute atomic E-state index is 0.0692. The molecule has 2 aromatic carbocycles. The number of benzene rings is 2. The topological polar surface area (TPSA) is 60.7 Å². The normalized spacial score (nSPS) is 16.0. The van der Waals surface area contributed by atoms with Gasteiger partial charge < -0.3 is 19.2 Å². The second-order valence-electron chi connectivity index (χ2n) is 6.65. The standard InChI is InChI=1S/C21H21NO4/c1-13-7-17-15(9-21(23)26-20(17)8-14(13)2)10-22-11-16-12-24-18-5-3-4-6-19(18)25-16/h3-9,16,22H,10-12H2,1-2H3/t16-/m0/s1. The van der Waals surface area contributed by atoms with Crippen molar-refractivity contribution in [3.8, 4) is 11.5 Å². The summed E-state index contributed by atoms with van der Waals surface area (Å²) in [7, 11) is 0. The lowest BCUT2D eigenvalue weighted by molar-refractivity contribution is 0.0902. The molecule has 134 valence electrons. The monoisotopic (exact) mass is 351 g/mol. The van der Waals surface area contributed by atoms with Gasteiger partial charge in [0.2, 0.25) is 0 Å². The Hall–Kier alpha value is -2.79. The molecule has 0 saturated carbocycles. The SMILES string of the molecule is Cc1cc2oc(=O)cc(CNC[C@H]3COc4ccccc4O3)c2cc1C. The summed E-state index contributed by atoms with van der Waals surface area (Å²) in [5, 5.41) is 4.33. The molecular formula is C21H21NO4. The molecular weight excluding hydrogens is 330 g/mol. The van der Waals surface area contributed by atoms with Crippen LogP contribution >= 0.6 is 0 Å². The minimum atomic E-state index is -0.330. The summed E-state index contributed by atoms with van der Waals surface area (Å²) in [6.07, 6.45) is -0.0692. The van der Waals surface area contributed by atoms with Crippen molar-refractivity contribution in [2.45, 2.75) is 26.5 Å². The van der Waals surface area contributed by atoms with E-state index in [1.807, 2.05) is 37.3 Å². The van der Waals surface area contributed by atoms with Gasteiger partial charge in [0.25, 0.3) is 0 Å². The molecule has 3 aromatic rings. The van der Waals surface area contributed by atoms with Crippen LogP contribution in [0.4, 0.5) is 0 Å². The Bertz CT molecular complexity index is 1010. The van der Waals surface area contributed by atoms with Gasteiger partial charge in [0.05, 0.1) is 0 Å². The molecule has 1 N–H and O–H groups in total. The minimum Gasteiger partial charge on any atom is -0.486 e. The Labute approximate surface area is 151 Å². The molecule has 0 bridgehead atoms. The zero-order valence-electron chi connectivity index (χ0n) is 14.9. The van der Waals surface area contributed by atoms with E-state index in [-0.39, 0.29) is 11.7 Å². The lowest BCUT2D eigenvalue weighted by atomic mass is 10.0. The van der Waals surface area contributed by atoms with Gasteiger partial charge >= 0.3 is 5.63 Å². The quantitative estimate of drug-likeness (QED) is 0.731. The van der Waals surface area contributed by atoms with Gasteiger partial charge in [0.15, 0.2) is 11.5 Å². The first-order chi connectivity index (χ1) is 12.6. The summed E-state index contributed by atoms with van der Waals surface area (Å²) in [5.74, 6) is 1.55. The van der Waals surface area contributed by atoms with E-state index >= 15 is 0 Å². The molecule has 0 spiro atoms. The molecule has 1 atom stereocenters. The van der Waals surface area contributed by atoms with Gasteiger partial charge in [-0.15, -0.1) is 0 Å². The van der Waals surface area contributed by atoms with E-state index in [4.69, 9.17) is 13.9 Å². The molecule has 0 amide bonds. The first-order valence-electron chi connectivity index (χ1n) is 8.73. The molecule has 0 radical (unpaired) electrons. The van der Waals surface area contributed by atoms with Crippen molar-refractivity contribution in [1.82, 2.24) is 5.32 Å². The number of rotatable bonds is 4. The van der Waals surface area contributed by atoms with Crippen LogP contribution in [0.3, 0.4) is 0 Å². The fourth-order valence-electron chi connectivity index (χ4n) is 3.16. The lowest BCUT2D eigenvalue weighted by Gasteiger charge is -2.26. The third-order valence-corrected chi connectivity index (χ3v) is 4.70. The van der Waals surface area contributed by atoms with Crippen LogP contribution in [-0.4, -0.2) is 19.3 Å². The second-order valence-corrected chi connectivity index (χ2v) is 6.65. The molecule has 1 aliphatic rings. The van der Waals surface area contributed by atoms with E-state index in [0.717, 1.165) is 28.0 Å². The smallest absolute Gasteiger partial charge is 0.336 e. The molecule has 0 saturated heterocycles. The first kappa shape index (κ1) is 16.7. The Kier molecular flexibility index (Phi) is 4.39. The van der Waals surface area contributed by atoms with Crippen LogP contribution in [0.5, 0.6) is 11.5 Å². The van der Waals surface area contributed by atoms with Crippen molar-refractivity contribution in [1.29, 1.82) is 0 Å². The summed E-state index contributed by atoms with van der Waals surface area (Å²) in [6, 6.07) is 13.2. The van der Waals surface area contributed by atoms with Crippen LogP contribution in [0.15, 0.2) is 51.7 Å². The average molecular weight is 351 g/mol. The Morgan fingerprint density at radius 2 is 1.85 bits per heavy atom. The lowest BCUT2D eigenvalue weighted by Crippen LogP contribution is -2.38. The Balaban J connectivity index is 1.47. The first-order valence-corrected chi connectivity index (χ1v) is 8.73. The molecule has 1 aliphatic heterocycles. The summed E-state index contributed by atoms with van der Waals surface area (Å²) < 4.78 is 17.0. The van der Waals surface area contributed by atoms with Crippen LogP contribution in [0, 0.1) is 13.8 Å². The maximum Gasteiger partial charge on any atom is 0.336 e. The molecule has 5 nitrogen and oxygen atoms in total. The summed E-state index contributed by atoms with van der Waals surface area (Å²) in [5.41, 5.74) is 3.51. The Morgan fingerprint density at radius 3 is 2.69 bits per heavy atom. The van der Waals surface area contributed by atoms with Crippen molar-refractivity contribution in [3.05, 3.63) is 69.6 Å². The molecule has 1 aromatic heterocycles. The fourth-order valence-corrected chi connectivity index (χ4v) is 3.16. The maximum absolute atomic E-state index is 11.9. The average Bonchev–Trinajstić information content (AvgIpc) is 2.63. The highest BCUT2D eigenvalue weighted by Crippen LogP contribution is 2.30. The van der Waals surface area contributed by atoms with Gasteiger partial charge in [-0.3, -0.25) is 0 Å². The molecule has 0 aliphatic carbocycles. The van der Waals surface area contributed by atoms with Crippen molar-refractivity contribution in [3.63, 3.8) is 0 Å². The zero-order chi connectivity index (χ0) is 18.1. The summed E-state index contributed by atoms with van der Waals surface area (Å²) in [6.45, 7) is 5.76. The van der Waals surface area contributed by atoms with Crippen molar-refractivity contribution in [2.75, 3.05) is 13.2 Å². The molecule has 2 heterocycles. The molecule has 26 heavy (non-hydrogen) atoms. The third-order valence-electron chi connectivity index (χ3n) is 4.70. The van der Waals surface area contributed by atoms with Gasteiger partial charge in [-0.25, -0.2) is 4.79 Å². The van der Waals surface area contributed by atoms with Crippen molar-refractivity contribution in [2.24, 2.45) is 0 Å². The van der Waals surface area contributed by atoms with E-state index in [0.29, 0.717) is 25.3 Å². The van der Waals surface area contributed by atoms with E-state index in [1.54, 1.807) is 6.07 Å². The number of fused-ring (bicyclic) bond motifs is 2. The van der Waals surface area contributed by atoms with Crippen molar-refractivity contribution < 1.29 is 13.9 Å². The fraction of sp³-hybridized carbons (Fsp3) is 0.286. The van der Waals surface area contributed by atoms with Crippen LogP contribution in [0.2, 0.25) is 0 Å². The van der Waals surface area contributed by atoms with Crippen LogP contribution < -0.4 is 20.4 Å². The number of aryl methyl sites for hydroxylation is 2. The van der Waals surface area contributed by atoms with Crippen molar-refractivity contribution >= 4 is 11.0 Å². The van der Waals surface area contributed by atoms with E-state index in [2.05, 4.69) is 18.3 Å². The number of nitrogens with one attached hydrogen (secondary N) is 1. The highest BCUT2D eigenvalue weighted by atomic mass is 16.6. The van der Waals surface area contributed by atoms with Gasteiger partial charge in [-0.1, -0.05) is 12.1 Å². The number of ether oxygens (including phenoxy) is 2. The molecule has 0 unspecified atom stereocenters. The predicted octanol–water partition coefficient (Wildman–Crippen LogP) is 3.34. The van der Waals surface area contributed by atoms with E-state index < -0.39 is 0 Å². The van der Waals surface area contributed by atoms with Crippen LogP contribution in [-0.2, 0) is 6.54 Å². The van der Waals surface area contributed by atoms with Crippen LogP contribution in [0.25, 0.3) is 11.0 Å². The summed E-state index contributed by atoms with van der Waals surface area (Å²) in [4.78, 5) is 11.9. The molecule has 0 fully saturated rings. The number of hydrogen-bond donors (Lipinski definition) is 1. The zero-order valence-corrected chi connectivity index (χ0v) is 14.9. The third kappa shape index (κ3) is 3.30. The second kappa shape index (κ2) is 6.84. The van der Waals surface area contributed by atoms with E-state index in [9.17, 15) is 4.79 Å². The molecule has 5 heteroatoms. The van der Waals surface area contributed by atoms with Gasteiger partial charge in [0, 0.05) is 24.5 Å². The van der Waals surface area contributed by atoms with E-state index in [1.165, 1.54) is 5.56 Å². The largest absolute Gasteiger partial charge is 0.486 e. The van der Waals surface area contributed by atoms with Crippen LogP contribution in [0.1, 0.15) is 16.7 Å². The number of hydrogen-bond acceptors (Lipinski definition) is 5.